The summed E-state index contributed by atoms with van der Waals surface area (Å²) in [7, 11) is 9.47. The Balaban J connectivity index is -0.000000120. The van der Waals surface area contributed by atoms with Crippen LogP contribution >= 0.6 is 20.3 Å². The van der Waals surface area contributed by atoms with E-state index in [1.165, 1.54) is 0 Å². The quantitative estimate of drug-likeness (QED) is 0.716. The van der Waals surface area contributed by atoms with Gasteiger partial charge >= 0.3 is 33.2 Å². The third kappa shape index (κ3) is 63.6. The van der Waals surface area contributed by atoms with Crippen molar-refractivity contribution in [3.8, 4) is 0 Å². The van der Waals surface area contributed by atoms with Gasteiger partial charge in [-0.3, -0.25) is 0 Å². The predicted octanol–water partition coefficient (Wildman–Crippen LogP) is 4.34. The van der Waals surface area contributed by atoms with Crippen molar-refractivity contribution in [3.05, 3.63) is 22.9 Å². The molecule has 0 aromatic heterocycles. The molecular formula is C6H16Cl2CoN4-3. The van der Waals surface area contributed by atoms with E-state index in [1.54, 1.807) is 13.8 Å². The molecule has 0 heterocycles. The number of hydrogen-bond donors (Lipinski definition) is 0. The van der Waals surface area contributed by atoms with Gasteiger partial charge in [0.15, 0.2) is 0 Å². The van der Waals surface area contributed by atoms with Gasteiger partial charge in [0.25, 0.3) is 0 Å². The molecule has 86 valence electrons. The monoisotopic (exact) mass is 273 g/mol. The van der Waals surface area contributed by atoms with Crippen molar-refractivity contribution in [3.63, 3.8) is 0 Å². The summed E-state index contributed by atoms with van der Waals surface area (Å²) >= 11 is 0.382. The second-order valence-corrected chi connectivity index (χ2v) is 3.98. The minimum absolute atomic E-state index is 0.199. The Morgan fingerprint density at radius 1 is 1.00 bits per heavy atom. The molecule has 13 heavy (non-hydrogen) atoms. The van der Waals surface area contributed by atoms with E-state index in [9.17, 15) is 0 Å². The van der Waals surface area contributed by atoms with Crippen LogP contribution in [0.3, 0.4) is 0 Å². The van der Waals surface area contributed by atoms with Crippen LogP contribution in [0.25, 0.3) is 22.9 Å². The van der Waals surface area contributed by atoms with Crippen LogP contribution in [-0.4, -0.2) is 25.2 Å². The summed E-state index contributed by atoms with van der Waals surface area (Å²) in [6, 6.07) is -0.398. The van der Waals surface area contributed by atoms with Crippen LogP contribution in [0, 0.1) is 0 Å². The molecule has 0 aromatic rings. The SMILES string of the molecule is CC([NH-])C[NH-].CC([NH-])C[NH-].[Cl][Co+][Cl]. The molecule has 0 spiro atoms. The van der Waals surface area contributed by atoms with Crippen LogP contribution in [0.4, 0.5) is 0 Å². The molecule has 0 aliphatic rings. The zero-order chi connectivity index (χ0) is 11.3. The molecule has 0 saturated carbocycles. The Kier molecular flexibility index (Phi) is 28.0. The third-order valence-corrected chi connectivity index (χ3v) is 0.612. The average molecular weight is 274 g/mol. The first-order valence-corrected chi connectivity index (χ1v) is 6.37. The Morgan fingerprint density at radius 3 is 1.08 bits per heavy atom. The van der Waals surface area contributed by atoms with Gasteiger partial charge < -0.3 is 22.9 Å². The number of halogens is 2. The fraction of sp³-hybridized carbons (Fsp3) is 1.00. The molecular weight excluding hydrogens is 258 g/mol. The molecule has 0 radical (unpaired) electrons. The van der Waals surface area contributed by atoms with E-state index in [0.29, 0.717) is 12.9 Å². The first-order chi connectivity index (χ1) is 5.95. The summed E-state index contributed by atoms with van der Waals surface area (Å²) in [5.74, 6) is 0. The second-order valence-electron chi connectivity index (χ2n) is 2.26. The zero-order valence-corrected chi connectivity index (χ0v) is 10.2. The van der Waals surface area contributed by atoms with Gasteiger partial charge in [-0.25, -0.2) is 0 Å². The van der Waals surface area contributed by atoms with Crippen molar-refractivity contribution in [2.45, 2.75) is 25.9 Å². The molecule has 0 aliphatic carbocycles. The molecule has 0 aliphatic heterocycles. The van der Waals surface area contributed by atoms with Crippen LogP contribution < -0.4 is 0 Å². The van der Waals surface area contributed by atoms with Gasteiger partial charge in [-0.05, 0) is 0 Å². The van der Waals surface area contributed by atoms with Crippen molar-refractivity contribution < 1.29 is 12.9 Å². The summed E-state index contributed by atoms with van der Waals surface area (Å²) < 4.78 is 0. The second kappa shape index (κ2) is 18.7. The van der Waals surface area contributed by atoms with Crippen LogP contribution in [0.1, 0.15) is 13.8 Å². The Labute approximate surface area is 95.1 Å². The van der Waals surface area contributed by atoms with E-state index in [4.69, 9.17) is 43.2 Å². The number of nitrogens with one attached hydrogen (secondary N) is 4. The first-order valence-electron chi connectivity index (χ1n) is 3.51. The molecule has 0 aromatic carbocycles. The molecule has 0 fully saturated rings. The van der Waals surface area contributed by atoms with E-state index in [-0.39, 0.29) is 25.2 Å². The van der Waals surface area contributed by atoms with Gasteiger partial charge in [-0.2, -0.15) is 25.2 Å². The molecule has 2 atom stereocenters. The molecule has 4 nitrogen and oxygen atoms in total. The Bertz CT molecular complexity index is 67.7. The van der Waals surface area contributed by atoms with Gasteiger partial charge in [0.2, 0.25) is 0 Å². The Morgan fingerprint density at radius 2 is 1.08 bits per heavy atom. The summed E-state index contributed by atoms with van der Waals surface area (Å²) in [6.07, 6.45) is 0. The van der Waals surface area contributed by atoms with Crippen LogP contribution in [0.5, 0.6) is 0 Å². The first kappa shape index (κ1) is 19.5. The van der Waals surface area contributed by atoms with Gasteiger partial charge in [0, 0.05) is 0 Å². The van der Waals surface area contributed by atoms with Gasteiger partial charge in [0.1, 0.15) is 0 Å². The normalized spacial score (nSPS) is 13.2. The molecule has 2 unspecified atom stereocenters. The summed E-state index contributed by atoms with van der Waals surface area (Å²) in [4.78, 5) is 0. The third-order valence-electron chi connectivity index (χ3n) is 0.612. The minimum atomic E-state index is -0.199. The van der Waals surface area contributed by atoms with Crippen LogP contribution in [0.15, 0.2) is 0 Å². The van der Waals surface area contributed by atoms with Crippen molar-refractivity contribution in [1.82, 2.24) is 0 Å². The fourth-order valence-electron chi connectivity index (χ4n) is 0. The van der Waals surface area contributed by atoms with E-state index >= 15 is 0 Å². The van der Waals surface area contributed by atoms with Crippen LogP contribution in [-0.2, 0) is 12.9 Å². The number of rotatable bonds is 2. The van der Waals surface area contributed by atoms with E-state index < -0.39 is 0 Å². The fourth-order valence-corrected chi connectivity index (χ4v) is 0. The molecule has 7 heteroatoms. The van der Waals surface area contributed by atoms with E-state index in [0.717, 1.165) is 0 Å². The van der Waals surface area contributed by atoms with Gasteiger partial charge in [0.05, 0.1) is 0 Å². The van der Waals surface area contributed by atoms with Crippen molar-refractivity contribution >= 4 is 20.3 Å². The summed E-state index contributed by atoms with van der Waals surface area (Å²) in [5, 5.41) is 0. The van der Waals surface area contributed by atoms with Crippen LogP contribution in [0.2, 0.25) is 0 Å². The molecule has 4 N–H and O–H groups in total. The summed E-state index contributed by atoms with van der Waals surface area (Å²) in [6.45, 7) is 3.85. The Hall–Kier alpha value is 0.926. The molecule has 0 rings (SSSR count). The maximum absolute atomic E-state index is 6.64. The van der Waals surface area contributed by atoms with Crippen molar-refractivity contribution in [2.75, 3.05) is 13.1 Å². The standard InChI is InChI=1S/2C3H8N2.2ClH.Co/c2*1-3(5)2-4;;;/h2*3-5H,2H2,1H3;2*1H;/q2*-2;;;+3/p-2. The van der Waals surface area contributed by atoms with Crippen molar-refractivity contribution in [2.24, 2.45) is 0 Å². The average Bonchev–Trinajstić information content (AvgIpc) is 2.07. The van der Waals surface area contributed by atoms with E-state index in [2.05, 4.69) is 0 Å². The van der Waals surface area contributed by atoms with Gasteiger partial charge in [-0.1, -0.05) is 13.8 Å². The van der Waals surface area contributed by atoms with Crippen molar-refractivity contribution in [1.29, 1.82) is 0 Å². The summed E-state index contributed by atoms with van der Waals surface area (Å²) in [5.41, 5.74) is 26.2. The topological polar surface area (TPSA) is 95.2 Å². The predicted molar refractivity (Wildman–Crippen MR) is 57.7 cm³/mol. The zero-order valence-electron chi connectivity index (χ0n) is 7.66. The molecule has 0 amide bonds. The molecule has 0 saturated heterocycles. The molecule has 0 bridgehead atoms. The number of hydrogen-bond acceptors (Lipinski definition) is 0. The maximum atomic E-state index is 6.64. The van der Waals surface area contributed by atoms with Gasteiger partial charge in [-0.15, -0.1) is 0 Å². The van der Waals surface area contributed by atoms with E-state index in [1.807, 2.05) is 0 Å².